The van der Waals surface area contributed by atoms with E-state index in [1.54, 1.807) is 11.8 Å². The van der Waals surface area contributed by atoms with Gasteiger partial charge in [-0.2, -0.15) is 5.10 Å². The van der Waals surface area contributed by atoms with Crippen LogP contribution in [0.4, 0.5) is 19.4 Å². The molecule has 1 aromatic heterocycles. The first-order valence-electron chi connectivity index (χ1n) is 12.9. The van der Waals surface area contributed by atoms with E-state index < -0.39 is 17.7 Å². The topological polar surface area (TPSA) is 91.7 Å². The van der Waals surface area contributed by atoms with Crippen molar-refractivity contribution in [1.29, 1.82) is 0 Å². The van der Waals surface area contributed by atoms with Crippen LogP contribution in [0.25, 0.3) is 5.69 Å². The molecule has 0 radical (unpaired) electrons. The predicted octanol–water partition coefficient (Wildman–Crippen LogP) is 3.93. The van der Waals surface area contributed by atoms with Crippen molar-refractivity contribution in [2.24, 2.45) is 0 Å². The average Bonchev–Trinajstić information content (AvgIpc) is 3.41. The third-order valence-electron chi connectivity index (χ3n) is 7.53. The fourth-order valence-electron chi connectivity index (χ4n) is 5.49. The Morgan fingerprint density at radius 3 is 2.50 bits per heavy atom. The van der Waals surface area contributed by atoms with Crippen LogP contribution in [-0.2, 0) is 4.74 Å². The van der Waals surface area contributed by atoms with Crippen molar-refractivity contribution >= 4 is 11.8 Å². The van der Waals surface area contributed by atoms with Crippen LogP contribution >= 0.6 is 0 Å². The van der Waals surface area contributed by atoms with Gasteiger partial charge in [0.2, 0.25) is 0 Å². The lowest BCUT2D eigenvalue weighted by atomic mass is 9.79. The molecule has 1 saturated carbocycles. The first kappa shape index (κ1) is 26.3. The zero-order chi connectivity index (χ0) is 26.8. The number of methoxy groups -OCH3 is 1. The van der Waals surface area contributed by atoms with E-state index >= 15 is 0 Å². The van der Waals surface area contributed by atoms with Crippen LogP contribution in [0.3, 0.4) is 0 Å². The molecule has 0 bridgehead atoms. The minimum Gasteiger partial charge on any atom is -0.393 e. The second-order valence-electron chi connectivity index (χ2n) is 10.2. The zero-order valence-corrected chi connectivity index (χ0v) is 21.5. The van der Waals surface area contributed by atoms with E-state index in [1.165, 1.54) is 12.1 Å². The summed E-state index contributed by atoms with van der Waals surface area (Å²) >= 11 is 0. The summed E-state index contributed by atoms with van der Waals surface area (Å²) in [5, 5.41) is 20.7. The number of rotatable bonds is 8. The van der Waals surface area contributed by atoms with Crippen LogP contribution in [0.1, 0.15) is 41.5 Å². The van der Waals surface area contributed by atoms with Crippen molar-refractivity contribution in [2.75, 3.05) is 38.7 Å². The molecule has 2 heterocycles. The van der Waals surface area contributed by atoms with Gasteiger partial charge in [-0.15, -0.1) is 0 Å². The number of likely N-dealkylation sites (tertiary alicyclic amines) is 1. The molecule has 2 amide bonds. The first-order valence-corrected chi connectivity index (χ1v) is 12.9. The quantitative estimate of drug-likeness (QED) is 0.415. The van der Waals surface area contributed by atoms with Gasteiger partial charge in [0.15, 0.2) is 0 Å². The number of benzene rings is 2. The van der Waals surface area contributed by atoms with E-state index in [4.69, 9.17) is 9.84 Å². The average molecular weight is 526 g/mol. The second-order valence-corrected chi connectivity index (χ2v) is 10.2. The van der Waals surface area contributed by atoms with Gasteiger partial charge in [0, 0.05) is 50.2 Å². The standard InChI is InChI=1S/C28H33F2N5O3/c1-17-26(19-12-23(36)13-19)33-35(22-6-4-3-5-7-22)27(17)32-28(37)31-25-16-34(8-9-38-2)15-24(25)18-10-20(29)14-21(30)11-18/h3-7,10-11,14,19,23-25,36H,8-9,12-13,15-16H2,1-2H3,(H2,31,32,37)/t19-,23+,24-,25+/m0/s1. The lowest BCUT2D eigenvalue weighted by Gasteiger charge is -2.30. The van der Waals surface area contributed by atoms with Crippen LogP contribution in [0, 0.1) is 18.6 Å². The van der Waals surface area contributed by atoms with Crippen LogP contribution in [-0.4, -0.2) is 71.3 Å². The molecule has 1 aliphatic heterocycles. The lowest BCUT2D eigenvalue weighted by Crippen LogP contribution is -2.42. The summed E-state index contributed by atoms with van der Waals surface area (Å²) in [6, 6.07) is 12.2. The number of anilines is 1. The Morgan fingerprint density at radius 1 is 1.13 bits per heavy atom. The Kier molecular flexibility index (Phi) is 7.73. The number of amides is 2. The Morgan fingerprint density at radius 2 is 1.84 bits per heavy atom. The highest BCUT2D eigenvalue weighted by molar-refractivity contribution is 5.90. The summed E-state index contributed by atoms with van der Waals surface area (Å²) in [7, 11) is 1.62. The molecule has 0 spiro atoms. The number of hydrogen-bond donors (Lipinski definition) is 3. The number of carbonyl (C=O) groups excluding carboxylic acids is 1. The minimum atomic E-state index is -0.644. The largest absolute Gasteiger partial charge is 0.393 e. The molecule has 1 aliphatic carbocycles. The van der Waals surface area contributed by atoms with Gasteiger partial charge < -0.3 is 15.2 Å². The van der Waals surface area contributed by atoms with Crippen molar-refractivity contribution in [3.8, 4) is 5.69 Å². The summed E-state index contributed by atoms with van der Waals surface area (Å²) in [5.41, 5.74) is 3.01. The van der Waals surface area contributed by atoms with Crippen LogP contribution in [0.15, 0.2) is 48.5 Å². The molecule has 3 aromatic rings. The molecule has 202 valence electrons. The number of aliphatic hydroxyl groups is 1. The van der Waals surface area contributed by atoms with Gasteiger partial charge in [-0.1, -0.05) is 18.2 Å². The molecule has 2 atom stereocenters. The molecule has 8 nitrogen and oxygen atoms in total. The van der Waals surface area contributed by atoms with E-state index in [-0.39, 0.29) is 24.0 Å². The highest BCUT2D eigenvalue weighted by Crippen LogP contribution is 2.40. The Labute approximate surface area is 220 Å². The Balaban J connectivity index is 1.39. The molecule has 2 aromatic carbocycles. The normalized spacial score (nSPS) is 23.3. The SMILES string of the molecule is COCCN1C[C@@H](NC(=O)Nc2c(C)c([C@H]3C[C@@H](O)C3)nn2-c2ccccc2)[C@H](c2cc(F)cc(F)c2)C1. The van der Waals surface area contributed by atoms with Crippen LogP contribution in [0.2, 0.25) is 0 Å². The van der Waals surface area contributed by atoms with Gasteiger partial charge >= 0.3 is 6.03 Å². The van der Waals surface area contributed by atoms with Gasteiger partial charge in [-0.05, 0) is 49.6 Å². The van der Waals surface area contributed by atoms with Crippen molar-refractivity contribution in [3.05, 3.63) is 77.0 Å². The Hall–Kier alpha value is -3.34. The number of aromatic nitrogens is 2. The highest BCUT2D eigenvalue weighted by atomic mass is 19.1. The number of para-hydroxylation sites is 1. The summed E-state index contributed by atoms with van der Waals surface area (Å²) in [6.45, 7) is 4.12. The monoisotopic (exact) mass is 525 g/mol. The zero-order valence-electron chi connectivity index (χ0n) is 21.5. The number of halogens is 2. The number of urea groups is 1. The number of nitrogens with one attached hydrogen (secondary N) is 2. The molecule has 3 N–H and O–H groups in total. The lowest BCUT2D eigenvalue weighted by molar-refractivity contribution is 0.0729. The molecular weight excluding hydrogens is 492 g/mol. The van der Waals surface area contributed by atoms with Gasteiger partial charge in [0.25, 0.3) is 0 Å². The third-order valence-corrected chi connectivity index (χ3v) is 7.53. The fraction of sp³-hybridized carbons (Fsp3) is 0.429. The number of aliphatic hydroxyl groups excluding tert-OH is 1. The van der Waals surface area contributed by atoms with Crippen molar-refractivity contribution in [3.63, 3.8) is 0 Å². The van der Waals surface area contributed by atoms with Gasteiger partial charge in [-0.3, -0.25) is 10.2 Å². The number of carbonyl (C=O) groups is 1. The Bertz CT molecular complexity index is 1260. The molecule has 0 unspecified atom stereocenters. The molecule has 2 fully saturated rings. The fourth-order valence-corrected chi connectivity index (χ4v) is 5.49. The minimum absolute atomic E-state index is 0.134. The van der Waals surface area contributed by atoms with Gasteiger partial charge in [0.1, 0.15) is 17.5 Å². The summed E-state index contributed by atoms with van der Waals surface area (Å²) in [4.78, 5) is 15.5. The maximum atomic E-state index is 14.0. The molecular formula is C28H33F2N5O3. The van der Waals surface area contributed by atoms with E-state index in [2.05, 4.69) is 15.5 Å². The summed E-state index contributed by atoms with van der Waals surface area (Å²) in [5.74, 6) is -0.901. The van der Waals surface area contributed by atoms with Crippen molar-refractivity contribution in [2.45, 2.75) is 43.7 Å². The van der Waals surface area contributed by atoms with Gasteiger partial charge in [0.05, 0.1) is 30.1 Å². The maximum Gasteiger partial charge on any atom is 0.320 e. The molecule has 10 heteroatoms. The van der Waals surface area contributed by atoms with Crippen LogP contribution < -0.4 is 10.6 Å². The van der Waals surface area contributed by atoms with E-state index in [1.807, 2.05) is 37.3 Å². The summed E-state index contributed by atoms with van der Waals surface area (Å²) in [6.07, 6.45) is 0.960. The second kappa shape index (κ2) is 11.2. The molecule has 5 rings (SSSR count). The summed E-state index contributed by atoms with van der Waals surface area (Å²) < 4.78 is 35.0. The van der Waals surface area contributed by atoms with Gasteiger partial charge in [-0.25, -0.2) is 18.3 Å². The first-order chi connectivity index (χ1) is 18.3. The van der Waals surface area contributed by atoms with Crippen LogP contribution in [0.5, 0.6) is 0 Å². The third kappa shape index (κ3) is 5.57. The molecule has 1 saturated heterocycles. The van der Waals surface area contributed by atoms with Crippen molar-refractivity contribution in [1.82, 2.24) is 20.0 Å². The smallest absolute Gasteiger partial charge is 0.320 e. The maximum absolute atomic E-state index is 14.0. The highest BCUT2D eigenvalue weighted by Gasteiger charge is 2.36. The number of ether oxygens (including phenoxy) is 1. The van der Waals surface area contributed by atoms with E-state index in [9.17, 15) is 18.7 Å². The van der Waals surface area contributed by atoms with Crippen molar-refractivity contribution < 1.29 is 23.4 Å². The van der Waals surface area contributed by atoms with E-state index in [0.717, 1.165) is 23.0 Å². The predicted molar refractivity (Wildman–Crippen MR) is 140 cm³/mol. The number of nitrogens with zero attached hydrogens (tertiary/aromatic N) is 3. The molecule has 38 heavy (non-hydrogen) atoms. The number of hydrogen-bond acceptors (Lipinski definition) is 5. The molecule has 2 aliphatic rings. The van der Waals surface area contributed by atoms with E-state index in [0.29, 0.717) is 50.5 Å².